The van der Waals surface area contributed by atoms with Crippen LogP contribution in [0.1, 0.15) is 38.7 Å². The van der Waals surface area contributed by atoms with Crippen LogP contribution in [-0.2, 0) is 10.2 Å². The van der Waals surface area contributed by atoms with E-state index in [9.17, 15) is 20.6 Å². The van der Waals surface area contributed by atoms with Crippen LogP contribution in [0.15, 0.2) is 35.9 Å². The van der Waals surface area contributed by atoms with E-state index in [1.807, 2.05) is 49.4 Å². The van der Waals surface area contributed by atoms with Crippen molar-refractivity contribution in [1.82, 2.24) is 0 Å². The maximum atomic E-state index is 14.1. The van der Waals surface area contributed by atoms with Crippen LogP contribution in [-0.4, -0.2) is 18.2 Å². The van der Waals surface area contributed by atoms with Gasteiger partial charge in [0, 0.05) is 18.2 Å². The molecule has 0 aromatic heterocycles. The van der Waals surface area contributed by atoms with Gasteiger partial charge in [0.2, 0.25) is 11.3 Å². The molecular weight excluding hydrogens is 374 g/mol. The minimum Gasteiger partial charge on any atom is -0.311 e. The van der Waals surface area contributed by atoms with Gasteiger partial charge in [0.25, 0.3) is 0 Å². The highest BCUT2D eigenvalue weighted by molar-refractivity contribution is 6.15. The van der Waals surface area contributed by atoms with Gasteiger partial charge in [0.1, 0.15) is 11.3 Å². The fourth-order valence-electron chi connectivity index (χ4n) is 5.75. The zero-order valence-electron chi connectivity index (χ0n) is 17.1. The number of hydrogen-bond acceptors (Lipinski definition) is 5. The predicted molar refractivity (Wildman–Crippen MR) is 111 cm³/mol. The maximum Gasteiger partial charge on any atom is 0.240 e. The minimum atomic E-state index is -1.79. The SMILES string of the molecule is CCCN1C(=O)C2(c3ccccc31)C(C#N)C(=N)C(C#N)(C#N)C1=CCC(C)CC12. The van der Waals surface area contributed by atoms with E-state index in [1.165, 1.54) is 0 Å². The Bertz CT molecular complexity index is 1080. The zero-order valence-corrected chi connectivity index (χ0v) is 17.1. The first-order valence-corrected chi connectivity index (χ1v) is 10.4. The largest absolute Gasteiger partial charge is 0.311 e. The average Bonchev–Trinajstić information content (AvgIpc) is 3.00. The zero-order chi connectivity index (χ0) is 21.7. The molecule has 0 radical (unpaired) electrons. The molecule has 1 amide bonds. The second-order valence-electron chi connectivity index (χ2n) is 8.58. The van der Waals surface area contributed by atoms with E-state index >= 15 is 0 Å². The molecule has 0 bridgehead atoms. The smallest absolute Gasteiger partial charge is 0.240 e. The Labute approximate surface area is 176 Å². The molecule has 4 atom stereocenters. The van der Waals surface area contributed by atoms with Crippen LogP contribution in [0.5, 0.6) is 0 Å². The van der Waals surface area contributed by atoms with Gasteiger partial charge in [0.15, 0.2) is 0 Å². The Kier molecular flexibility index (Phi) is 4.52. The molecule has 2 aliphatic carbocycles. The van der Waals surface area contributed by atoms with Gasteiger partial charge in [0.05, 0.1) is 23.9 Å². The van der Waals surface area contributed by atoms with Crippen LogP contribution in [0.2, 0.25) is 0 Å². The maximum absolute atomic E-state index is 14.1. The van der Waals surface area contributed by atoms with E-state index in [2.05, 4.69) is 13.0 Å². The number of rotatable bonds is 2. The van der Waals surface area contributed by atoms with Gasteiger partial charge < -0.3 is 10.3 Å². The van der Waals surface area contributed by atoms with Crippen LogP contribution in [0, 0.1) is 62.6 Å². The first-order valence-electron chi connectivity index (χ1n) is 10.4. The number of benzene rings is 1. The molecule has 150 valence electrons. The van der Waals surface area contributed by atoms with Crippen molar-refractivity contribution in [2.45, 2.75) is 38.5 Å². The van der Waals surface area contributed by atoms with Gasteiger partial charge in [-0.2, -0.15) is 15.8 Å². The van der Waals surface area contributed by atoms with Gasteiger partial charge >= 0.3 is 0 Å². The number of carbonyl (C=O) groups is 1. The van der Waals surface area contributed by atoms with Crippen molar-refractivity contribution in [3.8, 4) is 18.2 Å². The Balaban J connectivity index is 2.08. The predicted octanol–water partition coefficient (Wildman–Crippen LogP) is 3.86. The first-order chi connectivity index (χ1) is 14.4. The molecule has 0 saturated heterocycles. The number of nitrogens with zero attached hydrogens (tertiary/aromatic N) is 4. The molecule has 1 aromatic carbocycles. The Morgan fingerprint density at radius 2 is 1.93 bits per heavy atom. The van der Waals surface area contributed by atoms with Crippen LogP contribution in [0.4, 0.5) is 5.69 Å². The van der Waals surface area contributed by atoms with Gasteiger partial charge in [-0.05, 0) is 42.4 Å². The first kappa shape index (κ1) is 19.9. The summed E-state index contributed by atoms with van der Waals surface area (Å²) in [6.07, 6.45) is 3.93. The number of para-hydroxylation sites is 1. The van der Waals surface area contributed by atoms with E-state index in [0.29, 0.717) is 25.0 Å². The third-order valence-electron chi connectivity index (χ3n) is 7.04. The Morgan fingerprint density at radius 1 is 1.23 bits per heavy atom. The van der Waals surface area contributed by atoms with Crippen molar-refractivity contribution in [2.75, 3.05) is 11.4 Å². The van der Waals surface area contributed by atoms with Crippen molar-refractivity contribution in [3.05, 3.63) is 41.5 Å². The van der Waals surface area contributed by atoms with Crippen LogP contribution < -0.4 is 4.90 Å². The molecule has 6 heteroatoms. The van der Waals surface area contributed by atoms with E-state index in [1.54, 1.807) is 4.90 Å². The molecule has 4 rings (SSSR count). The van der Waals surface area contributed by atoms with E-state index in [4.69, 9.17) is 5.41 Å². The van der Waals surface area contributed by atoms with Crippen LogP contribution >= 0.6 is 0 Å². The third kappa shape index (κ3) is 2.16. The van der Waals surface area contributed by atoms with Crippen molar-refractivity contribution >= 4 is 17.3 Å². The number of anilines is 1. The van der Waals surface area contributed by atoms with Crippen LogP contribution in [0.25, 0.3) is 0 Å². The topological polar surface area (TPSA) is 116 Å². The van der Waals surface area contributed by atoms with Crippen molar-refractivity contribution in [2.24, 2.45) is 23.2 Å². The van der Waals surface area contributed by atoms with Gasteiger partial charge in [-0.3, -0.25) is 4.79 Å². The summed E-state index contributed by atoms with van der Waals surface area (Å²) in [5, 5.41) is 39.1. The highest BCUT2D eigenvalue weighted by Gasteiger charge is 2.69. The number of hydrogen-bond donors (Lipinski definition) is 1. The number of amides is 1. The molecular formula is C24H23N5O. The lowest BCUT2D eigenvalue weighted by atomic mass is 9.46. The van der Waals surface area contributed by atoms with Gasteiger partial charge in [-0.1, -0.05) is 38.1 Å². The van der Waals surface area contributed by atoms with Gasteiger partial charge in [-0.25, -0.2) is 0 Å². The molecule has 1 saturated carbocycles. The molecule has 1 N–H and O–H groups in total. The quantitative estimate of drug-likeness (QED) is 0.763. The molecule has 3 aliphatic rings. The number of nitriles is 3. The lowest BCUT2D eigenvalue weighted by Gasteiger charge is -2.51. The minimum absolute atomic E-state index is 0.184. The highest BCUT2D eigenvalue weighted by atomic mass is 16.2. The molecule has 1 spiro atoms. The number of nitrogens with one attached hydrogen (secondary N) is 1. The fourth-order valence-corrected chi connectivity index (χ4v) is 5.75. The number of fused-ring (bicyclic) bond motifs is 4. The molecule has 1 heterocycles. The van der Waals surface area contributed by atoms with E-state index in [0.717, 1.165) is 17.7 Å². The summed E-state index contributed by atoms with van der Waals surface area (Å²) in [7, 11) is 0. The summed E-state index contributed by atoms with van der Waals surface area (Å²) in [5.74, 6) is -1.57. The highest BCUT2D eigenvalue weighted by Crippen LogP contribution is 2.62. The fraction of sp³-hybridized carbons (Fsp3) is 0.458. The summed E-state index contributed by atoms with van der Waals surface area (Å²) in [4.78, 5) is 15.8. The van der Waals surface area contributed by atoms with Crippen molar-refractivity contribution < 1.29 is 4.79 Å². The summed E-state index contributed by atoms with van der Waals surface area (Å²) < 4.78 is 0. The van der Waals surface area contributed by atoms with Crippen LogP contribution in [0.3, 0.4) is 0 Å². The number of allylic oxidation sites excluding steroid dienone is 2. The number of carbonyl (C=O) groups excluding carboxylic acids is 1. The van der Waals surface area contributed by atoms with Crippen molar-refractivity contribution in [1.29, 1.82) is 21.2 Å². The second-order valence-corrected chi connectivity index (χ2v) is 8.58. The lowest BCUT2D eigenvalue weighted by Crippen LogP contribution is -2.62. The summed E-state index contributed by atoms with van der Waals surface area (Å²) >= 11 is 0. The molecule has 30 heavy (non-hydrogen) atoms. The van der Waals surface area contributed by atoms with Crippen molar-refractivity contribution in [3.63, 3.8) is 0 Å². The molecule has 1 aromatic rings. The van der Waals surface area contributed by atoms with E-state index in [-0.39, 0.29) is 17.5 Å². The molecule has 1 fully saturated rings. The summed E-state index contributed by atoms with van der Waals surface area (Å²) in [6, 6.07) is 13.8. The van der Waals surface area contributed by atoms with E-state index < -0.39 is 22.7 Å². The van der Waals surface area contributed by atoms with Gasteiger partial charge in [-0.15, -0.1) is 0 Å². The normalized spacial score (nSPS) is 31.2. The average molecular weight is 397 g/mol. The Hall–Kier alpha value is -3.43. The molecule has 1 aliphatic heterocycles. The summed E-state index contributed by atoms with van der Waals surface area (Å²) in [5.41, 5.74) is -1.28. The lowest BCUT2D eigenvalue weighted by molar-refractivity contribution is -0.126. The monoisotopic (exact) mass is 397 g/mol. The second kappa shape index (κ2) is 6.82. The Morgan fingerprint density at radius 3 is 2.57 bits per heavy atom. The summed E-state index contributed by atoms with van der Waals surface area (Å²) in [6.45, 7) is 4.60. The molecule has 4 unspecified atom stereocenters. The molecule has 6 nitrogen and oxygen atoms in total. The standard InChI is InChI=1S/C24H23N5O/c1-3-10-29-20-7-5-4-6-17(20)24(22(29)30)18-11-15(2)8-9-16(18)23(13-26,14-27)21(28)19(24)12-25/h4-7,9,15,18-19,28H,3,8,10-11H2,1-2H3. The third-order valence-corrected chi connectivity index (χ3v) is 7.04.